The van der Waals surface area contributed by atoms with Gasteiger partial charge in [0.25, 0.3) is 11.2 Å². The van der Waals surface area contributed by atoms with Gasteiger partial charge in [0.2, 0.25) is 5.91 Å². The zero-order chi connectivity index (χ0) is 20.3. The molecule has 0 spiro atoms. The molecule has 146 valence electrons. The SMILES string of the molecule is Cc1cc(C)c(CNC(=O)/C=C/c2cc([N+](=O)[O-])cc3c2OCOC3)c(=O)[nH]1. The van der Waals surface area contributed by atoms with Gasteiger partial charge < -0.3 is 19.8 Å². The van der Waals surface area contributed by atoms with E-state index in [2.05, 4.69) is 10.3 Å². The first-order valence-corrected chi connectivity index (χ1v) is 8.52. The van der Waals surface area contributed by atoms with Crippen LogP contribution < -0.4 is 15.6 Å². The summed E-state index contributed by atoms with van der Waals surface area (Å²) in [4.78, 5) is 37.4. The number of ether oxygens (including phenoxy) is 2. The molecular formula is C19H19N3O6. The van der Waals surface area contributed by atoms with Crippen LogP contribution in [-0.2, 0) is 22.7 Å². The van der Waals surface area contributed by atoms with E-state index in [4.69, 9.17) is 9.47 Å². The van der Waals surface area contributed by atoms with E-state index in [0.29, 0.717) is 22.4 Å². The van der Waals surface area contributed by atoms with E-state index in [1.54, 1.807) is 13.8 Å². The predicted octanol–water partition coefficient (Wildman–Crippen LogP) is 2.10. The van der Waals surface area contributed by atoms with Gasteiger partial charge in [-0.15, -0.1) is 0 Å². The lowest BCUT2D eigenvalue weighted by atomic mass is 10.1. The second kappa shape index (κ2) is 8.05. The van der Waals surface area contributed by atoms with E-state index in [-0.39, 0.29) is 31.2 Å². The maximum Gasteiger partial charge on any atom is 0.270 e. The van der Waals surface area contributed by atoms with Crippen molar-refractivity contribution in [2.75, 3.05) is 6.79 Å². The van der Waals surface area contributed by atoms with E-state index in [0.717, 1.165) is 11.3 Å². The number of nitro benzene ring substituents is 1. The fraction of sp³-hybridized carbons (Fsp3) is 0.263. The molecule has 1 aliphatic rings. The van der Waals surface area contributed by atoms with Crippen LogP contribution in [-0.4, -0.2) is 22.6 Å². The summed E-state index contributed by atoms with van der Waals surface area (Å²) in [5, 5.41) is 13.8. The number of benzene rings is 1. The summed E-state index contributed by atoms with van der Waals surface area (Å²) in [7, 11) is 0. The minimum absolute atomic E-state index is 0.0350. The van der Waals surface area contributed by atoms with Crippen LogP contribution in [0, 0.1) is 24.0 Å². The van der Waals surface area contributed by atoms with Crippen LogP contribution in [0.5, 0.6) is 5.75 Å². The van der Waals surface area contributed by atoms with Crippen LogP contribution >= 0.6 is 0 Å². The Morgan fingerprint density at radius 2 is 2.14 bits per heavy atom. The zero-order valence-corrected chi connectivity index (χ0v) is 15.4. The highest BCUT2D eigenvalue weighted by atomic mass is 16.7. The summed E-state index contributed by atoms with van der Waals surface area (Å²) >= 11 is 0. The Balaban J connectivity index is 1.77. The highest BCUT2D eigenvalue weighted by Crippen LogP contribution is 2.33. The van der Waals surface area contributed by atoms with Crippen LogP contribution in [0.1, 0.15) is 27.9 Å². The molecule has 0 aliphatic carbocycles. The van der Waals surface area contributed by atoms with Gasteiger partial charge in [-0.3, -0.25) is 19.7 Å². The Kier molecular flexibility index (Phi) is 5.55. The summed E-state index contributed by atoms with van der Waals surface area (Å²) in [5.74, 6) is 0.0124. The maximum absolute atomic E-state index is 12.2. The first-order chi connectivity index (χ1) is 13.3. The van der Waals surface area contributed by atoms with Crippen LogP contribution in [0.3, 0.4) is 0 Å². The summed E-state index contributed by atoms with van der Waals surface area (Å²) < 4.78 is 10.6. The smallest absolute Gasteiger partial charge is 0.270 e. The van der Waals surface area contributed by atoms with Gasteiger partial charge in [-0.1, -0.05) is 0 Å². The van der Waals surface area contributed by atoms with E-state index in [9.17, 15) is 19.7 Å². The lowest BCUT2D eigenvalue weighted by molar-refractivity contribution is -0.385. The fourth-order valence-corrected chi connectivity index (χ4v) is 2.96. The third-order valence-corrected chi connectivity index (χ3v) is 4.28. The van der Waals surface area contributed by atoms with Crippen molar-refractivity contribution in [2.24, 2.45) is 0 Å². The molecule has 2 aromatic rings. The maximum atomic E-state index is 12.2. The summed E-state index contributed by atoms with van der Waals surface area (Å²) in [5.41, 5.74) is 2.59. The molecule has 0 bridgehead atoms. The molecule has 28 heavy (non-hydrogen) atoms. The normalized spacial score (nSPS) is 13.1. The van der Waals surface area contributed by atoms with Crippen LogP contribution in [0.15, 0.2) is 29.1 Å². The molecule has 0 atom stereocenters. The number of carbonyl (C=O) groups excluding carboxylic acids is 1. The number of amides is 1. The molecule has 1 aliphatic heterocycles. The highest BCUT2D eigenvalue weighted by Gasteiger charge is 2.19. The van der Waals surface area contributed by atoms with Gasteiger partial charge in [-0.05, 0) is 31.6 Å². The zero-order valence-electron chi connectivity index (χ0n) is 15.4. The average molecular weight is 385 g/mol. The number of nitrogens with zero attached hydrogens (tertiary/aromatic N) is 1. The molecule has 3 rings (SSSR count). The largest absolute Gasteiger partial charge is 0.467 e. The number of aryl methyl sites for hydroxylation is 2. The summed E-state index contributed by atoms with van der Waals surface area (Å²) in [6, 6.07) is 4.55. The lowest BCUT2D eigenvalue weighted by Crippen LogP contribution is -2.26. The number of H-pyrrole nitrogens is 1. The molecule has 2 N–H and O–H groups in total. The lowest BCUT2D eigenvalue weighted by Gasteiger charge is -2.19. The molecule has 1 aromatic heterocycles. The molecule has 9 nitrogen and oxygen atoms in total. The fourth-order valence-electron chi connectivity index (χ4n) is 2.96. The van der Waals surface area contributed by atoms with Crippen LogP contribution in [0.2, 0.25) is 0 Å². The topological polar surface area (TPSA) is 124 Å². The number of hydrogen-bond donors (Lipinski definition) is 2. The summed E-state index contributed by atoms with van der Waals surface area (Å²) in [6.45, 7) is 3.88. The number of aromatic nitrogens is 1. The second-order valence-corrected chi connectivity index (χ2v) is 6.39. The van der Waals surface area contributed by atoms with Crippen molar-refractivity contribution in [1.82, 2.24) is 10.3 Å². The number of aromatic amines is 1. The first kappa shape index (κ1) is 19.3. The molecular weight excluding hydrogens is 366 g/mol. The molecule has 1 aromatic carbocycles. The minimum atomic E-state index is -0.515. The number of pyridine rings is 1. The van der Waals surface area contributed by atoms with E-state index in [1.165, 1.54) is 24.3 Å². The Morgan fingerprint density at radius 3 is 2.86 bits per heavy atom. The van der Waals surface area contributed by atoms with Crippen molar-refractivity contribution in [3.63, 3.8) is 0 Å². The van der Waals surface area contributed by atoms with Crippen molar-refractivity contribution in [2.45, 2.75) is 27.0 Å². The molecule has 0 saturated heterocycles. The molecule has 1 amide bonds. The molecule has 0 saturated carbocycles. The molecule has 9 heteroatoms. The number of carbonyl (C=O) groups is 1. The van der Waals surface area contributed by atoms with Crippen LogP contribution in [0.25, 0.3) is 6.08 Å². The Bertz CT molecular complexity index is 1030. The highest BCUT2D eigenvalue weighted by molar-refractivity contribution is 5.92. The quantitative estimate of drug-likeness (QED) is 0.461. The van der Waals surface area contributed by atoms with Crippen molar-refractivity contribution >= 4 is 17.7 Å². The van der Waals surface area contributed by atoms with Crippen molar-refractivity contribution < 1.29 is 19.2 Å². The van der Waals surface area contributed by atoms with Gasteiger partial charge in [-0.2, -0.15) is 0 Å². The van der Waals surface area contributed by atoms with Crippen molar-refractivity contribution in [1.29, 1.82) is 0 Å². The van der Waals surface area contributed by atoms with E-state index >= 15 is 0 Å². The first-order valence-electron chi connectivity index (χ1n) is 8.52. The van der Waals surface area contributed by atoms with Gasteiger partial charge in [0.1, 0.15) is 5.75 Å². The molecule has 0 fully saturated rings. The van der Waals surface area contributed by atoms with E-state index < -0.39 is 10.8 Å². The van der Waals surface area contributed by atoms with Crippen LogP contribution in [0.4, 0.5) is 5.69 Å². The Morgan fingerprint density at radius 1 is 1.36 bits per heavy atom. The number of fused-ring (bicyclic) bond motifs is 1. The van der Waals surface area contributed by atoms with Crippen molar-refractivity contribution in [3.05, 3.63) is 72.7 Å². The number of hydrogen-bond acceptors (Lipinski definition) is 6. The number of non-ortho nitro benzene ring substituents is 1. The number of nitro groups is 1. The molecule has 0 unspecified atom stereocenters. The van der Waals surface area contributed by atoms with Crippen molar-refractivity contribution in [3.8, 4) is 5.75 Å². The third kappa shape index (κ3) is 4.26. The monoisotopic (exact) mass is 385 g/mol. The standard InChI is InChI=1S/C19H19N3O6/c1-11-5-12(2)21-19(24)16(11)8-20-17(23)4-3-13-6-15(22(25)26)7-14-9-27-10-28-18(13)14/h3-7H,8-10H2,1-2H3,(H,20,23)(H,21,24)/b4-3+. The Labute approximate surface area is 160 Å². The van der Waals surface area contributed by atoms with Gasteiger partial charge in [0.15, 0.2) is 6.79 Å². The van der Waals surface area contributed by atoms with Gasteiger partial charge in [0.05, 0.1) is 11.5 Å². The number of rotatable bonds is 5. The van der Waals surface area contributed by atoms with E-state index in [1.807, 2.05) is 6.07 Å². The van der Waals surface area contributed by atoms with Gasteiger partial charge >= 0.3 is 0 Å². The number of nitrogens with one attached hydrogen (secondary N) is 2. The third-order valence-electron chi connectivity index (χ3n) is 4.28. The van der Waals surface area contributed by atoms with Gasteiger partial charge in [-0.25, -0.2) is 0 Å². The Hall–Kier alpha value is -3.46. The van der Waals surface area contributed by atoms with Gasteiger partial charge in [0, 0.05) is 47.1 Å². The molecule has 2 heterocycles. The summed E-state index contributed by atoms with van der Waals surface area (Å²) in [6.07, 6.45) is 2.69. The average Bonchev–Trinajstić information content (AvgIpc) is 2.64. The minimum Gasteiger partial charge on any atom is -0.467 e. The molecule has 0 radical (unpaired) electrons. The second-order valence-electron chi connectivity index (χ2n) is 6.39. The predicted molar refractivity (Wildman–Crippen MR) is 101 cm³/mol.